The third-order valence-corrected chi connectivity index (χ3v) is 12.9. The summed E-state index contributed by atoms with van der Waals surface area (Å²) in [6.45, 7) is 20.3. The van der Waals surface area contributed by atoms with E-state index in [1.54, 1.807) is 23.5 Å². The van der Waals surface area contributed by atoms with Crippen LogP contribution in [-0.2, 0) is 16.2 Å². The summed E-state index contributed by atoms with van der Waals surface area (Å²) in [4.78, 5) is 30.8. The van der Waals surface area contributed by atoms with Gasteiger partial charge in [-0.1, -0.05) is 138 Å². The second kappa shape index (κ2) is 11.6. The van der Waals surface area contributed by atoms with Crippen LogP contribution < -0.4 is 4.90 Å². The van der Waals surface area contributed by atoms with E-state index in [1.165, 1.54) is 61.2 Å². The van der Waals surface area contributed by atoms with Gasteiger partial charge in [0.05, 0.1) is 22.4 Å². The Morgan fingerprint density at radius 3 is 1.63 bits per heavy atom. The molecule has 3 aliphatic rings. The fourth-order valence-corrected chi connectivity index (χ4v) is 10.5. The molecule has 0 bridgehead atoms. The number of hydrogen-bond donors (Lipinski definition) is 0. The molecule has 0 saturated heterocycles. The van der Waals surface area contributed by atoms with Gasteiger partial charge in [-0.15, -0.1) is 11.3 Å². The predicted octanol–water partition coefficient (Wildman–Crippen LogP) is 12.9. The number of ketones is 2. The Bertz CT molecular complexity index is 2530. The van der Waals surface area contributed by atoms with Crippen molar-refractivity contribution in [1.82, 2.24) is 0 Å². The van der Waals surface area contributed by atoms with Crippen molar-refractivity contribution in [3.8, 4) is 11.1 Å². The molecule has 1 spiro atoms. The molecule has 3 nitrogen and oxygen atoms in total. The Balaban J connectivity index is 1.40. The van der Waals surface area contributed by atoms with E-state index in [0.717, 1.165) is 21.3 Å². The smallest absolute Gasteiger partial charge is 0.197 e. The van der Waals surface area contributed by atoms with Crippen molar-refractivity contribution in [2.45, 2.75) is 78.6 Å². The van der Waals surface area contributed by atoms with E-state index in [1.807, 2.05) is 18.2 Å². The monoisotopic (exact) mass is 723 g/mol. The van der Waals surface area contributed by atoms with E-state index in [-0.39, 0.29) is 28.0 Å². The van der Waals surface area contributed by atoms with E-state index in [9.17, 15) is 9.59 Å². The molecular weight excluding hydrogens is 679 g/mol. The Hall–Kier alpha value is -5.32. The van der Waals surface area contributed by atoms with Crippen LogP contribution in [0.25, 0.3) is 17.2 Å². The summed E-state index contributed by atoms with van der Waals surface area (Å²) < 4.78 is 0. The zero-order valence-corrected chi connectivity index (χ0v) is 33.4. The van der Waals surface area contributed by atoms with Crippen molar-refractivity contribution in [1.29, 1.82) is 0 Å². The van der Waals surface area contributed by atoms with E-state index in [2.05, 4.69) is 146 Å². The average Bonchev–Trinajstić information content (AvgIpc) is 3.74. The van der Waals surface area contributed by atoms with Crippen molar-refractivity contribution in [2.24, 2.45) is 0 Å². The normalized spacial score (nSPS) is 15.3. The third kappa shape index (κ3) is 4.78. The quantitative estimate of drug-likeness (QED) is 0.132. The highest BCUT2D eigenvalue weighted by Crippen LogP contribution is 2.66. The lowest BCUT2D eigenvalue weighted by molar-refractivity contribution is 0.0990. The van der Waals surface area contributed by atoms with Gasteiger partial charge in [0.2, 0.25) is 0 Å². The molecule has 5 aromatic carbocycles. The summed E-state index contributed by atoms with van der Waals surface area (Å²) in [7, 11) is 0. The van der Waals surface area contributed by atoms with Crippen LogP contribution in [0.5, 0.6) is 0 Å². The molecule has 0 radical (unpaired) electrons. The van der Waals surface area contributed by atoms with Gasteiger partial charge in [0, 0.05) is 21.6 Å². The number of thiophene rings is 1. The van der Waals surface area contributed by atoms with E-state index in [0.29, 0.717) is 11.1 Å². The maximum absolute atomic E-state index is 13.7. The van der Waals surface area contributed by atoms with Crippen LogP contribution in [0.15, 0.2) is 109 Å². The van der Waals surface area contributed by atoms with E-state index < -0.39 is 5.41 Å². The van der Waals surface area contributed by atoms with Gasteiger partial charge < -0.3 is 4.90 Å². The molecular formula is C50H45NO2S. The molecule has 0 amide bonds. The highest BCUT2D eigenvalue weighted by molar-refractivity contribution is 7.17. The number of carbonyl (C=O) groups excluding carboxylic acids is 2. The van der Waals surface area contributed by atoms with Crippen molar-refractivity contribution < 1.29 is 9.59 Å². The molecule has 0 fully saturated rings. The van der Waals surface area contributed by atoms with Crippen molar-refractivity contribution >= 4 is 45.4 Å². The molecule has 54 heavy (non-hydrogen) atoms. The maximum atomic E-state index is 13.7. The minimum absolute atomic E-state index is 0.0286. The van der Waals surface area contributed by atoms with Gasteiger partial charge in [0.15, 0.2) is 11.6 Å². The minimum Gasteiger partial charge on any atom is -0.301 e. The first-order chi connectivity index (χ1) is 25.6. The van der Waals surface area contributed by atoms with Crippen LogP contribution in [0.4, 0.5) is 16.4 Å². The summed E-state index contributed by atoms with van der Waals surface area (Å²) >= 11 is 1.66. The fourth-order valence-electron chi connectivity index (χ4n) is 9.29. The zero-order valence-electron chi connectivity index (χ0n) is 32.6. The van der Waals surface area contributed by atoms with E-state index >= 15 is 0 Å². The molecule has 1 aromatic heterocycles. The van der Waals surface area contributed by atoms with Gasteiger partial charge in [-0.05, 0) is 99.9 Å². The van der Waals surface area contributed by atoms with Crippen molar-refractivity contribution in [2.75, 3.05) is 4.90 Å². The number of hydrogen-bond acceptors (Lipinski definition) is 4. The van der Waals surface area contributed by atoms with Crippen molar-refractivity contribution in [3.05, 3.63) is 175 Å². The van der Waals surface area contributed by atoms with Crippen molar-refractivity contribution in [3.63, 3.8) is 0 Å². The predicted molar refractivity (Wildman–Crippen MR) is 225 cm³/mol. The van der Waals surface area contributed by atoms with Crippen LogP contribution in [0.2, 0.25) is 0 Å². The van der Waals surface area contributed by atoms with Gasteiger partial charge in [0.1, 0.15) is 5.00 Å². The number of Topliss-reactive ketones (excluding diaryl/α,β-unsaturated/α-hetero) is 2. The summed E-state index contributed by atoms with van der Waals surface area (Å²) in [5.74, 6) is -0.411. The number of para-hydroxylation sites is 1. The molecule has 0 N–H and O–H groups in total. The fraction of sp³-hybridized carbons (Fsp3) is 0.240. The molecule has 0 saturated carbocycles. The molecule has 9 rings (SSSR count). The number of rotatable bonds is 2. The molecule has 6 aromatic rings. The molecule has 4 heteroatoms. The largest absolute Gasteiger partial charge is 0.301 e. The zero-order chi connectivity index (χ0) is 38.1. The standard InChI is InChI=1S/C50H45NO2S/c1-28-22-29(2)44(30(3)23-28)51-43-17-13-12-16-41(43)50(42-27-33(54-47(42)51)26-38-45(52)34-14-10-11-15-35(34)46(38)53)39-20-18-31(48(4,5)6)24-36(39)37-25-32(49(7,8)9)19-21-40(37)50/h10-27H,1-9H3. The molecule has 268 valence electrons. The lowest BCUT2D eigenvalue weighted by Gasteiger charge is -2.44. The second-order valence-corrected chi connectivity index (χ2v) is 18.6. The first-order valence-electron chi connectivity index (χ1n) is 18.9. The van der Waals surface area contributed by atoms with Gasteiger partial charge in [0.25, 0.3) is 0 Å². The van der Waals surface area contributed by atoms with Gasteiger partial charge in [-0.25, -0.2) is 0 Å². The maximum Gasteiger partial charge on any atom is 0.197 e. The molecule has 0 atom stereocenters. The SMILES string of the molecule is Cc1cc(C)c(N2c3ccccc3C3(c4ccc(C(C)(C)C)cc4-c4cc(C(C)(C)C)ccc43)c3cc(C=C4C(=O)c5ccccc5C4=O)sc32)c(C)c1. The number of nitrogens with zero attached hydrogens (tertiary/aromatic N) is 1. The highest BCUT2D eigenvalue weighted by Gasteiger charge is 2.53. The Kier molecular flexibility index (Phi) is 7.39. The highest BCUT2D eigenvalue weighted by atomic mass is 32.1. The molecule has 2 heterocycles. The second-order valence-electron chi connectivity index (χ2n) is 17.5. The summed E-state index contributed by atoms with van der Waals surface area (Å²) in [5, 5.41) is 1.10. The lowest BCUT2D eigenvalue weighted by atomic mass is 9.65. The third-order valence-electron chi connectivity index (χ3n) is 11.8. The lowest BCUT2D eigenvalue weighted by Crippen LogP contribution is -2.35. The van der Waals surface area contributed by atoms with Gasteiger partial charge in [-0.2, -0.15) is 0 Å². The number of aryl methyl sites for hydroxylation is 3. The molecule has 2 aliphatic carbocycles. The van der Waals surface area contributed by atoms with Crippen LogP contribution >= 0.6 is 11.3 Å². The Morgan fingerprint density at radius 2 is 1.09 bits per heavy atom. The molecule has 0 unspecified atom stereocenters. The van der Waals surface area contributed by atoms with Crippen LogP contribution in [0.1, 0.15) is 117 Å². The van der Waals surface area contributed by atoms with Crippen LogP contribution in [0, 0.1) is 20.8 Å². The first-order valence-corrected chi connectivity index (χ1v) is 19.7. The Morgan fingerprint density at radius 1 is 0.574 bits per heavy atom. The van der Waals surface area contributed by atoms with Crippen LogP contribution in [0.3, 0.4) is 0 Å². The number of anilines is 3. The van der Waals surface area contributed by atoms with E-state index in [4.69, 9.17) is 0 Å². The van der Waals surface area contributed by atoms with Gasteiger partial charge in [-0.3, -0.25) is 9.59 Å². The number of benzene rings is 5. The Labute approximate surface area is 323 Å². The molecule has 1 aliphatic heterocycles. The summed E-state index contributed by atoms with van der Waals surface area (Å²) in [6.07, 6.45) is 1.85. The number of allylic oxidation sites excluding steroid dienone is 1. The van der Waals surface area contributed by atoms with Crippen LogP contribution in [-0.4, -0.2) is 11.6 Å². The topological polar surface area (TPSA) is 37.4 Å². The summed E-state index contributed by atoms with van der Waals surface area (Å²) in [5.41, 5.74) is 16.5. The average molecular weight is 724 g/mol. The summed E-state index contributed by atoms with van der Waals surface area (Å²) in [6, 6.07) is 37.1. The number of carbonyl (C=O) groups is 2. The number of fused-ring (bicyclic) bond motifs is 10. The van der Waals surface area contributed by atoms with Gasteiger partial charge >= 0.3 is 0 Å². The minimum atomic E-state index is -0.633. The first kappa shape index (κ1) is 34.4.